The van der Waals surface area contributed by atoms with Gasteiger partial charge in [0.2, 0.25) is 0 Å². The summed E-state index contributed by atoms with van der Waals surface area (Å²) in [7, 11) is 1.45. The third-order valence-corrected chi connectivity index (χ3v) is 4.15. The molecule has 2 aromatic carbocycles. The largest absolute Gasteiger partial charge is 0.503 e. The maximum Gasteiger partial charge on any atom is 0.289 e. The third-order valence-electron chi connectivity index (χ3n) is 3.54. The summed E-state index contributed by atoms with van der Waals surface area (Å²) in [6.07, 6.45) is 1.44. The molecule has 0 atom stereocenters. The molecule has 0 bridgehead atoms. The molecule has 1 amide bonds. The lowest BCUT2D eigenvalue weighted by molar-refractivity contribution is 0.0950. The molecule has 0 unspecified atom stereocenters. The molecule has 7 nitrogen and oxygen atoms in total. The van der Waals surface area contributed by atoms with Gasteiger partial charge in [0.25, 0.3) is 5.91 Å². The van der Waals surface area contributed by atoms with E-state index in [4.69, 9.17) is 4.74 Å². The van der Waals surface area contributed by atoms with Gasteiger partial charge >= 0.3 is 0 Å². The van der Waals surface area contributed by atoms with E-state index >= 15 is 0 Å². The van der Waals surface area contributed by atoms with Crippen molar-refractivity contribution in [2.75, 3.05) is 7.11 Å². The molecule has 0 aliphatic rings. The van der Waals surface area contributed by atoms with E-state index in [2.05, 4.69) is 36.7 Å². The van der Waals surface area contributed by atoms with Crippen LogP contribution in [0.4, 0.5) is 0 Å². The first-order valence-corrected chi connectivity index (χ1v) is 8.38. The fourth-order valence-electron chi connectivity index (χ4n) is 2.24. The van der Waals surface area contributed by atoms with Crippen LogP contribution < -0.4 is 10.2 Å². The Kier molecular flexibility index (Phi) is 5.33. The molecule has 132 valence electrons. The monoisotopic (exact) mass is 414 g/mol. The van der Waals surface area contributed by atoms with Crippen LogP contribution in [0, 0.1) is 0 Å². The zero-order chi connectivity index (χ0) is 18.5. The minimum Gasteiger partial charge on any atom is -0.503 e. The van der Waals surface area contributed by atoms with E-state index < -0.39 is 5.91 Å². The smallest absolute Gasteiger partial charge is 0.289 e. The fourth-order valence-corrected chi connectivity index (χ4v) is 2.70. The second kappa shape index (κ2) is 7.83. The highest BCUT2D eigenvalue weighted by atomic mass is 79.9. The quantitative estimate of drug-likeness (QED) is 0.440. The zero-order valence-electron chi connectivity index (χ0n) is 13.7. The average Bonchev–Trinajstić information content (AvgIpc) is 3.15. The molecule has 0 fully saturated rings. The number of nitrogens with zero attached hydrogens (tertiary/aromatic N) is 2. The van der Waals surface area contributed by atoms with Crippen molar-refractivity contribution in [2.45, 2.75) is 0 Å². The van der Waals surface area contributed by atoms with Crippen LogP contribution in [-0.4, -0.2) is 34.5 Å². The maximum atomic E-state index is 12.2. The van der Waals surface area contributed by atoms with Crippen molar-refractivity contribution in [3.05, 3.63) is 64.3 Å². The molecular weight excluding hydrogens is 400 g/mol. The number of aromatic nitrogens is 2. The molecule has 1 heterocycles. The number of carbonyl (C=O) groups is 1. The van der Waals surface area contributed by atoms with E-state index in [0.717, 1.165) is 5.56 Å². The van der Waals surface area contributed by atoms with Crippen LogP contribution in [0.1, 0.15) is 16.1 Å². The van der Waals surface area contributed by atoms with Crippen LogP contribution in [0.2, 0.25) is 0 Å². The number of hydrazone groups is 1. The number of ether oxygens (including phenoxy) is 1. The predicted octanol–water partition coefficient (Wildman–Crippen LogP) is 3.32. The number of phenolic OH excluding ortho intramolecular Hbond substituents is 1. The number of nitrogens with one attached hydrogen (secondary N) is 2. The van der Waals surface area contributed by atoms with Crippen molar-refractivity contribution in [3.8, 4) is 22.8 Å². The first kappa shape index (κ1) is 17.7. The Bertz CT molecular complexity index is 954. The van der Waals surface area contributed by atoms with Gasteiger partial charge in [-0.3, -0.25) is 9.89 Å². The first-order chi connectivity index (χ1) is 12.6. The normalized spacial score (nSPS) is 10.8. The van der Waals surface area contributed by atoms with E-state index in [0.29, 0.717) is 27.2 Å². The second-order valence-electron chi connectivity index (χ2n) is 5.29. The molecule has 3 rings (SSSR count). The molecule has 0 radical (unpaired) electrons. The molecule has 3 aromatic rings. The number of methoxy groups -OCH3 is 1. The van der Waals surface area contributed by atoms with E-state index in [9.17, 15) is 9.90 Å². The van der Waals surface area contributed by atoms with Crippen LogP contribution in [0.3, 0.4) is 0 Å². The fraction of sp³-hybridized carbons (Fsp3) is 0.0556. The van der Waals surface area contributed by atoms with Crippen LogP contribution >= 0.6 is 15.9 Å². The lowest BCUT2D eigenvalue weighted by atomic mass is 10.1. The molecule has 0 aliphatic heterocycles. The van der Waals surface area contributed by atoms with Gasteiger partial charge in [-0.25, -0.2) is 5.43 Å². The van der Waals surface area contributed by atoms with Gasteiger partial charge in [0, 0.05) is 5.56 Å². The molecular formula is C18H15BrN4O3. The molecule has 3 N–H and O–H groups in total. The molecule has 0 saturated carbocycles. The number of hydrogen-bond acceptors (Lipinski definition) is 5. The Morgan fingerprint density at radius 2 is 2.08 bits per heavy atom. The van der Waals surface area contributed by atoms with Crippen LogP contribution in [0.25, 0.3) is 11.3 Å². The number of halogens is 1. The number of rotatable bonds is 5. The summed E-state index contributed by atoms with van der Waals surface area (Å²) in [5, 5.41) is 20.5. The molecule has 8 heteroatoms. The van der Waals surface area contributed by atoms with E-state index in [-0.39, 0.29) is 5.75 Å². The number of aromatic hydroxyl groups is 1. The second-order valence-corrected chi connectivity index (χ2v) is 6.14. The van der Waals surface area contributed by atoms with Crippen molar-refractivity contribution in [3.63, 3.8) is 0 Å². The van der Waals surface area contributed by atoms with Crippen molar-refractivity contribution < 1.29 is 14.6 Å². The van der Waals surface area contributed by atoms with Gasteiger partial charge in [0.1, 0.15) is 5.69 Å². The zero-order valence-corrected chi connectivity index (χ0v) is 15.3. The highest BCUT2D eigenvalue weighted by molar-refractivity contribution is 9.10. The molecule has 1 aromatic heterocycles. The average molecular weight is 415 g/mol. The van der Waals surface area contributed by atoms with Crippen LogP contribution in [0.15, 0.2) is 58.1 Å². The van der Waals surface area contributed by atoms with Gasteiger partial charge in [0.05, 0.1) is 23.5 Å². The topological polar surface area (TPSA) is 99.6 Å². The van der Waals surface area contributed by atoms with Gasteiger partial charge < -0.3 is 9.84 Å². The first-order valence-electron chi connectivity index (χ1n) is 7.59. The summed E-state index contributed by atoms with van der Waals surface area (Å²) in [5.41, 5.74) is 4.94. The van der Waals surface area contributed by atoms with Crippen molar-refractivity contribution in [2.24, 2.45) is 5.10 Å². The van der Waals surface area contributed by atoms with Gasteiger partial charge in [-0.15, -0.1) is 0 Å². The Labute approximate surface area is 157 Å². The van der Waals surface area contributed by atoms with Gasteiger partial charge in [-0.1, -0.05) is 30.3 Å². The van der Waals surface area contributed by atoms with Gasteiger partial charge in [-0.05, 0) is 39.7 Å². The third kappa shape index (κ3) is 3.92. The summed E-state index contributed by atoms with van der Waals surface area (Å²) in [6.45, 7) is 0. The number of H-pyrrole nitrogens is 1. The number of benzene rings is 2. The van der Waals surface area contributed by atoms with Crippen LogP contribution in [-0.2, 0) is 0 Å². The van der Waals surface area contributed by atoms with Crippen LogP contribution in [0.5, 0.6) is 11.5 Å². The Hall–Kier alpha value is -3.13. The molecule has 0 spiro atoms. The number of amides is 1. The summed E-state index contributed by atoms with van der Waals surface area (Å²) >= 11 is 3.23. The van der Waals surface area contributed by atoms with Crippen molar-refractivity contribution >= 4 is 28.1 Å². The van der Waals surface area contributed by atoms with Crippen molar-refractivity contribution in [1.82, 2.24) is 15.6 Å². The minimum absolute atomic E-state index is 0.000383. The lowest BCUT2D eigenvalue weighted by Gasteiger charge is -2.06. The van der Waals surface area contributed by atoms with E-state index in [1.807, 2.05) is 30.3 Å². The maximum absolute atomic E-state index is 12.2. The molecule has 0 aliphatic carbocycles. The van der Waals surface area contributed by atoms with Gasteiger partial charge in [0.15, 0.2) is 11.5 Å². The predicted molar refractivity (Wildman–Crippen MR) is 101 cm³/mol. The van der Waals surface area contributed by atoms with Crippen molar-refractivity contribution in [1.29, 1.82) is 0 Å². The summed E-state index contributed by atoms with van der Waals surface area (Å²) in [6, 6.07) is 14.4. The van der Waals surface area contributed by atoms with E-state index in [1.54, 1.807) is 18.2 Å². The summed E-state index contributed by atoms with van der Waals surface area (Å²) in [5.74, 6) is -0.117. The minimum atomic E-state index is -0.416. The summed E-state index contributed by atoms with van der Waals surface area (Å²) in [4.78, 5) is 12.2. The van der Waals surface area contributed by atoms with Gasteiger partial charge in [-0.2, -0.15) is 10.2 Å². The Morgan fingerprint density at radius 1 is 1.31 bits per heavy atom. The highest BCUT2D eigenvalue weighted by Crippen LogP contribution is 2.34. The SMILES string of the molecule is COc1cc(C=NNC(=O)c2cc(-c3ccccc3)n[nH]2)cc(Br)c1O. The van der Waals surface area contributed by atoms with E-state index in [1.165, 1.54) is 13.3 Å². The standard InChI is InChI=1S/C18H15BrN4O3/c1-26-16-8-11(7-13(19)17(16)24)10-20-23-18(25)15-9-14(21-22-15)12-5-3-2-4-6-12/h2-10,24H,1H3,(H,21,22)(H,23,25). The molecule has 0 saturated heterocycles. The summed E-state index contributed by atoms with van der Waals surface area (Å²) < 4.78 is 5.53. The number of aromatic amines is 1. The Morgan fingerprint density at radius 3 is 2.81 bits per heavy atom. The number of hydrogen-bond donors (Lipinski definition) is 3. The lowest BCUT2D eigenvalue weighted by Crippen LogP contribution is -2.18. The number of carbonyl (C=O) groups excluding carboxylic acids is 1. The highest BCUT2D eigenvalue weighted by Gasteiger charge is 2.10. The molecule has 26 heavy (non-hydrogen) atoms. The Balaban J connectivity index is 1.69. The number of phenols is 1.